The van der Waals surface area contributed by atoms with Crippen molar-refractivity contribution in [2.24, 2.45) is 0 Å². The third kappa shape index (κ3) is 35.8. The number of methoxy groups -OCH3 is 14. The molecule has 35 atom stereocenters. The molecule has 21 rings (SSSR count). The Kier molecular flexibility index (Phi) is 58.8. The van der Waals surface area contributed by atoms with Crippen molar-refractivity contribution in [1.82, 2.24) is 0 Å². The van der Waals surface area contributed by atoms with Gasteiger partial charge in [-0.25, -0.2) is 58.9 Å². The Morgan fingerprint density at radius 3 is 0.325 bits per heavy atom. The van der Waals surface area contributed by atoms with Crippen LogP contribution >= 0.6 is 0 Å². The largest absolute Gasteiger partial charge is 1.00 e. The van der Waals surface area contributed by atoms with E-state index in [4.69, 9.17) is 162 Å². The Bertz CT molecular complexity index is 3320. The first kappa shape index (κ1) is 129. The molecule has 0 amide bonds. The Balaban J connectivity index is 0.0000113. The van der Waals surface area contributed by atoms with Gasteiger partial charge in [-0.1, -0.05) is 0 Å². The van der Waals surface area contributed by atoms with E-state index in [9.17, 15) is 90.8 Å². The summed E-state index contributed by atoms with van der Waals surface area (Å²) in [5.41, 5.74) is 0. The summed E-state index contributed by atoms with van der Waals surface area (Å²) in [5, 5.41) is 0. The van der Waals surface area contributed by atoms with Crippen molar-refractivity contribution in [3.05, 3.63) is 0 Å². The quantitative estimate of drug-likeness (QED) is 0.0323. The summed E-state index contributed by atoms with van der Waals surface area (Å²) in [6.07, 6.45) is -68.5. The van der Waals surface area contributed by atoms with Gasteiger partial charge in [-0.2, -0.15) is 0 Å². The molecule has 21 fully saturated rings. The molecule has 0 aliphatic carbocycles. The molecule has 21 aliphatic heterocycles. The van der Waals surface area contributed by atoms with E-state index in [1.807, 2.05) is 0 Å². The van der Waals surface area contributed by atoms with E-state index >= 15 is 0 Å². The van der Waals surface area contributed by atoms with Crippen LogP contribution in [0.5, 0.6) is 0 Å². The molecule has 0 N–H and O–H groups in total. The zero-order valence-corrected chi connectivity index (χ0v) is 91.6. The Hall–Kier alpha value is 4.97. The van der Waals surface area contributed by atoms with E-state index in [1.165, 1.54) is 0 Å². The van der Waals surface area contributed by atoms with E-state index in [0.717, 1.165) is 99.5 Å². The van der Waals surface area contributed by atoms with Crippen LogP contribution in [0, 0.1) is 0 Å². The van der Waals surface area contributed by atoms with Gasteiger partial charge in [-0.05, 0) is 0 Å². The molecule has 0 radical (unpaired) electrons. The van der Waals surface area contributed by atoms with E-state index in [-0.39, 0.29) is 207 Å². The van der Waals surface area contributed by atoms with Crippen LogP contribution in [0.2, 0.25) is 0 Å². The molecule has 126 heavy (non-hydrogen) atoms. The average molecular weight is 2050 g/mol. The smallest absolute Gasteiger partial charge is 0.726 e. The summed E-state index contributed by atoms with van der Waals surface area (Å²) >= 11 is 0. The summed E-state index contributed by atoms with van der Waals surface area (Å²) in [4.78, 5) is 0. The van der Waals surface area contributed by atoms with Crippen molar-refractivity contribution in [3.63, 3.8) is 0 Å². The molecule has 0 aromatic rings. The molecule has 0 aromatic carbocycles. The number of ether oxygens (including phenoxy) is 28. The van der Waals surface area contributed by atoms with Gasteiger partial charge < -0.3 is 165 Å². The Morgan fingerprint density at radius 2 is 0.254 bits per heavy atom. The van der Waals surface area contributed by atoms with Crippen LogP contribution in [-0.2, 0) is 235 Å². The van der Waals surface area contributed by atoms with Gasteiger partial charge in [0, 0.05) is 99.5 Å². The molecule has 0 aromatic heterocycles. The monoisotopic (exact) mass is 2040 g/mol. The zero-order chi connectivity index (χ0) is 88.4. The molecular formula is C56H91Na7O56S7. The molecule has 56 nitrogen and oxygen atoms in total. The number of hydrogen-bond donors (Lipinski definition) is 0. The van der Waals surface area contributed by atoms with E-state index in [2.05, 4.69) is 0 Å². The number of hydrogen-bond acceptors (Lipinski definition) is 56. The summed E-state index contributed by atoms with van der Waals surface area (Å²) in [7, 11) is -26.3. The van der Waals surface area contributed by atoms with Gasteiger partial charge in [0.15, 0.2) is 44.0 Å². The zero-order valence-electron chi connectivity index (χ0n) is 71.9. The van der Waals surface area contributed by atoms with Crippen molar-refractivity contribution >= 4 is 72.8 Å². The van der Waals surface area contributed by atoms with E-state index in [1.54, 1.807) is 0 Å². The van der Waals surface area contributed by atoms with Crippen LogP contribution in [0.25, 0.3) is 0 Å². The fourth-order valence-electron chi connectivity index (χ4n) is 14.8. The maximum Gasteiger partial charge on any atom is 1.00 e. The predicted molar refractivity (Wildman–Crippen MR) is 355 cm³/mol. The number of rotatable bonds is 35. The van der Waals surface area contributed by atoms with Crippen LogP contribution in [0.15, 0.2) is 0 Å². The fraction of sp³-hybridized carbons (Fsp3) is 1.00. The molecule has 14 bridgehead atoms. The normalized spacial score (nSPS) is 38.7. The van der Waals surface area contributed by atoms with E-state index in [0.29, 0.717) is 0 Å². The minimum absolute atomic E-state index is 0. The minimum atomic E-state index is -5.77. The standard InChI is InChI=1S/C56H98O56S7.7Na/c1-78-36-29-22(15-92-113(57,58)59)99-50(43(36)85-8)107-30-23(16-93-114(60,61)62)101-52(45(87-10)37(30)79-2)109-32-25(18-95-116(66,67)68)103-54(47(89-12)39(32)81-4)111-34-27(20-97-118(72,73)74)105-56(49(91-14)41(34)83-6)112-35-28(21-98-119(75,76)77)104-55(48(90-13)42(35)84-7)110-33-26(19-96-117(69,70)71)102-53(46(88-11)40(33)82-5)108-31-24(17-94-115(63,64)65)100-51(106-29)44(86-9)38(31)80-3;;;;;;;/h22-56H,15-21H2,1-14H3,(H,57,58,59)(H,60,61,62)(H,63,64,65)(H,66,67,68)(H,69,70,71)(H,72,73,74)(H,75,76,77);;;;;;;/q;7*+1/p-7/t22-,23-,24-,25-,26-,27-,28-,29-,30-,31-,32-,33-,34-,35-,36+,37+,38+,39+,40+,41+,42+,43-,44-,45-,46-,47-,48-,49+,50-,51-,52-,53-,54-,55-,56-;;;;;;;/m0......./s1. The van der Waals surface area contributed by atoms with Crippen LogP contribution in [-0.4, -0.2) is 452 Å². The van der Waals surface area contributed by atoms with Crippen molar-refractivity contribution < 1.29 is 460 Å². The van der Waals surface area contributed by atoms with Crippen LogP contribution in [0.1, 0.15) is 0 Å². The maximum absolute atomic E-state index is 12.4. The molecule has 0 saturated carbocycles. The molecule has 700 valence electrons. The maximum atomic E-state index is 12.4. The van der Waals surface area contributed by atoms with Crippen molar-refractivity contribution in [1.29, 1.82) is 0 Å². The van der Waals surface area contributed by atoms with Gasteiger partial charge in [-0.3, -0.25) is 29.3 Å². The third-order valence-electron chi connectivity index (χ3n) is 19.6. The van der Waals surface area contributed by atoms with Gasteiger partial charge in [0.25, 0.3) is 0 Å². The van der Waals surface area contributed by atoms with Crippen LogP contribution in [0.4, 0.5) is 0 Å². The van der Waals surface area contributed by atoms with Crippen LogP contribution < -0.4 is 207 Å². The Morgan fingerprint density at radius 1 is 0.167 bits per heavy atom. The predicted octanol–water partition coefficient (Wildman–Crippen LogP) is -30.7. The first-order valence-corrected chi connectivity index (χ1v) is 43.8. The van der Waals surface area contributed by atoms with Gasteiger partial charge in [0.05, 0.1) is 46.2 Å². The second-order valence-electron chi connectivity index (χ2n) is 26.2. The second-order valence-corrected chi connectivity index (χ2v) is 33.5. The van der Waals surface area contributed by atoms with Gasteiger partial charge in [0.2, 0.25) is 72.8 Å². The average Bonchev–Trinajstić information content (AvgIpc) is 0.774. The van der Waals surface area contributed by atoms with Crippen molar-refractivity contribution in [2.45, 2.75) is 215 Å². The summed E-state index contributed by atoms with van der Waals surface area (Å²) in [5.74, 6) is 0. The molecule has 21 saturated heterocycles. The summed E-state index contributed by atoms with van der Waals surface area (Å²) < 4.78 is 466. The molecule has 21 aliphatic rings. The SMILES string of the molecule is CO[C@@H]1[C@H]2O[C@@H]3O[C@@H](COS(=O)(=O)[O-])[C@H](O[C@@H]4O[C@@H](COS(=O)(=O)[O-])[C@H](O[C@@H]5O[C@@H](COS(=O)(=O)[O-])[C@H](O[C@@H]6O[C@@H](COS(=O)(=O)[O-])[C@H](O[C@@H]7O[C@@H](COS(=O)(=O)[O-])[C@H](O[C@@H]8O[C@@H](COS(=O)(=O)[O-])[C@H](O[C@H](O[C@H]2COS(=O)(=O)[O-])[C@@H]1OC)[C@@H](OC)[C@@H]8OC)[C@@H](OC)[C@@H]7OC)[C@@H](OC)[C@@H]6OC)[C@@H](OC)[C@@H]5OC)[C@@H](OC)[C@@H]4OC)[C@@H](OC)[C@@H]3OC.[Na+].[Na+].[Na+].[Na+].[Na+].[Na+].[Na+]. The molecule has 0 unspecified atom stereocenters. The molecule has 70 heteroatoms. The van der Waals surface area contributed by atoms with Gasteiger partial charge >= 0.3 is 207 Å². The third-order valence-corrected chi connectivity index (χ3v) is 22.6. The van der Waals surface area contributed by atoms with Crippen LogP contribution in [0.3, 0.4) is 0 Å². The molecule has 0 spiro atoms. The van der Waals surface area contributed by atoms with E-state index < -0.39 is 334 Å². The summed E-state index contributed by atoms with van der Waals surface area (Å²) in [6, 6.07) is 0. The van der Waals surface area contributed by atoms with Gasteiger partial charge in [0.1, 0.15) is 171 Å². The second kappa shape index (κ2) is 57.5. The fourth-order valence-corrected chi connectivity index (χ4v) is 16.9. The first-order chi connectivity index (χ1) is 55.7. The minimum Gasteiger partial charge on any atom is -0.726 e. The van der Waals surface area contributed by atoms with Crippen molar-refractivity contribution in [3.8, 4) is 0 Å². The molecular weight excluding hydrogens is 1950 g/mol. The first-order valence-electron chi connectivity index (χ1n) is 34.5. The van der Waals surface area contributed by atoms with Crippen molar-refractivity contribution in [2.75, 3.05) is 146 Å². The Labute approximate surface area is 881 Å². The van der Waals surface area contributed by atoms with Gasteiger partial charge in [-0.15, -0.1) is 0 Å². The topological polar surface area (TPSA) is 723 Å². The molecule has 21 heterocycles. The summed E-state index contributed by atoms with van der Waals surface area (Å²) in [6.45, 7) is -9.72.